The van der Waals surface area contributed by atoms with Gasteiger partial charge < -0.3 is 9.30 Å². The lowest BCUT2D eigenvalue weighted by atomic mass is 10.2. The number of carbonyl (C=O) groups is 1. The second kappa shape index (κ2) is 9.66. The van der Waals surface area contributed by atoms with Crippen molar-refractivity contribution in [2.45, 2.75) is 24.4 Å². The van der Waals surface area contributed by atoms with Gasteiger partial charge in [-0.1, -0.05) is 58.0 Å². The summed E-state index contributed by atoms with van der Waals surface area (Å²) >= 11 is 5.19. The van der Waals surface area contributed by atoms with Gasteiger partial charge in [0.2, 0.25) is 0 Å². The fraction of sp³-hybridized carbons (Fsp3) is 0.167. The van der Waals surface area contributed by atoms with Crippen molar-refractivity contribution in [3.05, 3.63) is 93.7 Å². The molecule has 0 aliphatic carbocycles. The number of nitrogens with zero attached hydrogens (tertiary/aromatic N) is 2. The highest BCUT2D eigenvalue weighted by Gasteiger charge is 2.16. The van der Waals surface area contributed by atoms with E-state index in [-0.39, 0.29) is 11.8 Å². The first-order valence-electron chi connectivity index (χ1n) is 9.83. The second-order valence-corrected chi connectivity index (χ2v) is 8.71. The maximum absolute atomic E-state index is 13.8. The van der Waals surface area contributed by atoms with Crippen LogP contribution in [0.5, 0.6) is 0 Å². The fourth-order valence-corrected chi connectivity index (χ4v) is 4.92. The summed E-state index contributed by atoms with van der Waals surface area (Å²) in [5.41, 5.74) is 4.05. The van der Waals surface area contributed by atoms with Crippen LogP contribution in [-0.4, -0.2) is 22.1 Å². The van der Waals surface area contributed by atoms with Gasteiger partial charge in [-0.2, -0.15) is 0 Å². The van der Waals surface area contributed by atoms with Crippen LogP contribution in [0, 0.1) is 5.82 Å². The summed E-state index contributed by atoms with van der Waals surface area (Å²) in [6.07, 6.45) is 0. The number of thioether (sulfide) groups is 1. The number of aromatic nitrogens is 2. The fourth-order valence-electron chi connectivity index (χ4n) is 3.29. The molecule has 0 atom stereocenters. The predicted molar refractivity (Wildman–Crippen MR) is 125 cm³/mol. The molecule has 0 radical (unpaired) electrons. The topological polar surface area (TPSA) is 44.1 Å². The minimum absolute atomic E-state index is 0.270. The third kappa shape index (κ3) is 4.99. The van der Waals surface area contributed by atoms with E-state index < -0.39 is 0 Å². The molecule has 7 heteroatoms. The lowest BCUT2D eigenvalue weighted by molar-refractivity contribution is 0.0526. The molecule has 0 fully saturated rings. The number of hydrogen-bond donors (Lipinski definition) is 0. The van der Waals surface area contributed by atoms with Gasteiger partial charge in [0.1, 0.15) is 5.82 Å². The molecule has 4 nitrogen and oxygen atoms in total. The molecule has 0 N–H and O–H groups in total. The van der Waals surface area contributed by atoms with Crippen LogP contribution in [-0.2, 0) is 17.0 Å². The molecular formula is C24H20BrFN2O2S. The summed E-state index contributed by atoms with van der Waals surface area (Å²) in [5, 5.41) is 0.802. The van der Waals surface area contributed by atoms with Gasteiger partial charge >= 0.3 is 5.97 Å². The van der Waals surface area contributed by atoms with Crippen molar-refractivity contribution in [1.29, 1.82) is 0 Å². The van der Waals surface area contributed by atoms with E-state index in [2.05, 4.69) is 26.6 Å². The molecule has 4 rings (SSSR count). The number of carbonyl (C=O) groups excluding carboxylic acids is 1. The second-order valence-electron chi connectivity index (χ2n) is 6.91. The highest BCUT2D eigenvalue weighted by atomic mass is 79.9. The van der Waals surface area contributed by atoms with Gasteiger partial charge in [0.25, 0.3) is 0 Å². The Bertz CT molecular complexity index is 1240. The van der Waals surface area contributed by atoms with Gasteiger partial charge in [0.05, 0.1) is 29.7 Å². The van der Waals surface area contributed by atoms with Gasteiger partial charge in [-0.3, -0.25) is 0 Å². The molecule has 0 saturated carbocycles. The molecule has 0 aliphatic rings. The highest BCUT2D eigenvalue weighted by Crippen LogP contribution is 2.30. The Morgan fingerprint density at radius 1 is 1.13 bits per heavy atom. The molecular weight excluding hydrogens is 479 g/mol. The minimum atomic E-state index is -0.369. The molecule has 31 heavy (non-hydrogen) atoms. The Hall–Kier alpha value is -2.64. The van der Waals surface area contributed by atoms with Crippen molar-refractivity contribution < 1.29 is 13.9 Å². The van der Waals surface area contributed by atoms with Gasteiger partial charge in [-0.15, -0.1) is 0 Å². The summed E-state index contributed by atoms with van der Waals surface area (Å²) in [4.78, 5) is 16.9. The summed E-state index contributed by atoms with van der Waals surface area (Å²) in [5.74, 6) is 0.0824. The zero-order valence-electron chi connectivity index (χ0n) is 16.8. The molecule has 0 unspecified atom stereocenters. The number of imidazole rings is 1. The van der Waals surface area contributed by atoms with Gasteiger partial charge in [0.15, 0.2) is 5.16 Å². The summed E-state index contributed by atoms with van der Waals surface area (Å²) in [6, 6.07) is 20.0. The summed E-state index contributed by atoms with van der Waals surface area (Å²) < 4.78 is 22.0. The Labute approximate surface area is 192 Å². The first-order valence-corrected chi connectivity index (χ1v) is 11.6. The maximum Gasteiger partial charge on any atom is 0.338 e. The number of rotatable bonds is 7. The largest absolute Gasteiger partial charge is 0.462 e. The first-order chi connectivity index (χ1) is 15.0. The van der Waals surface area contributed by atoms with E-state index in [1.54, 1.807) is 36.9 Å². The molecule has 0 saturated heterocycles. The lowest BCUT2D eigenvalue weighted by Crippen LogP contribution is -2.05. The van der Waals surface area contributed by atoms with E-state index >= 15 is 0 Å². The highest BCUT2D eigenvalue weighted by molar-refractivity contribution is 9.10. The van der Waals surface area contributed by atoms with Crippen LogP contribution in [0.1, 0.15) is 28.4 Å². The molecule has 3 aromatic carbocycles. The molecule has 0 bridgehead atoms. The molecule has 0 aliphatic heterocycles. The van der Waals surface area contributed by atoms with Crippen LogP contribution in [0.3, 0.4) is 0 Å². The average molecular weight is 499 g/mol. The van der Waals surface area contributed by atoms with Crippen molar-refractivity contribution in [3.63, 3.8) is 0 Å². The Morgan fingerprint density at radius 2 is 1.97 bits per heavy atom. The smallest absolute Gasteiger partial charge is 0.338 e. The third-order valence-corrected chi connectivity index (χ3v) is 6.57. The van der Waals surface area contributed by atoms with E-state index in [0.717, 1.165) is 32.0 Å². The monoisotopic (exact) mass is 498 g/mol. The van der Waals surface area contributed by atoms with E-state index in [0.29, 0.717) is 24.2 Å². The quantitative estimate of drug-likeness (QED) is 0.216. The zero-order chi connectivity index (χ0) is 21.8. The Morgan fingerprint density at radius 3 is 2.74 bits per heavy atom. The Balaban J connectivity index is 1.72. The predicted octanol–water partition coefficient (Wildman–Crippen LogP) is 6.46. The van der Waals surface area contributed by atoms with Crippen molar-refractivity contribution in [2.24, 2.45) is 0 Å². The minimum Gasteiger partial charge on any atom is -0.462 e. The molecule has 158 valence electrons. The van der Waals surface area contributed by atoms with Gasteiger partial charge in [-0.25, -0.2) is 14.2 Å². The average Bonchev–Trinajstić information content (AvgIpc) is 3.10. The van der Waals surface area contributed by atoms with Crippen LogP contribution in [0.2, 0.25) is 0 Å². The van der Waals surface area contributed by atoms with Crippen molar-refractivity contribution in [1.82, 2.24) is 9.55 Å². The van der Waals surface area contributed by atoms with Gasteiger partial charge in [0, 0.05) is 10.2 Å². The standard InChI is InChI=1S/C24H20BrFN2O2S/c1-2-30-23(29)17-10-11-22-21(13-17)27-24(31-15-18-7-3-4-9-20(18)25)28(22)14-16-6-5-8-19(26)12-16/h3-13H,2,14-15H2,1H3. The molecule has 0 amide bonds. The van der Waals surface area contributed by atoms with Crippen molar-refractivity contribution in [2.75, 3.05) is 6.61 Å². The SMILES string of the molecule is CCOC(=O)c1ccc2c(c1)nc(SCc1ccccc1Br)n2Cc1cccc(F)c1. The lowest BCUT2D eigenvalue weighted by Gasteiger charge is -2.10. The van der Waals surface area contributed by atoms with Crippen LogP contribution in [0.25, 0.3) is 11.0 Å². The normalized spacial score (nSPS) is 11.1. The molecule has 0 spiro atoms. The summed E-state index contributed by atoms with van der Waals surface area (Å²) in [7, 11) is 0. The van der Waals surface area contributed by atoms with E-state index in [9.17, 15) is 9.18 Å². The number of halogens is 2. The van der Waals surface area contributed by atoms with E-state index in [1.807, 2.05) is 30.3 Å². The molecule has 1 heterocycles. The van der Waals surface area contributed by atoms with E-state index in [4.69, 9.17) is 9.72 Å². The van der Waals surface area contributed by atoms with Crippen LogP contribution in [0.4, 0.5) is 4.39 Å². The van der Waals surface area contributed by atoms with Crippen LogP contribution < -0.4 is 0 Å². The van der Waals surface area contributed by atoms with Crippen molar-refractivity contribution in [3.8, 4) is 0 Å². The number of benzene rings is 3. The number of ether oxygens (including phenoxy) is 1. The zero-order valence-corrected chi connectivity index (χ0v) is 19.2. The van der Waals surface area contributed by atoms with E-state index in [1.165, 1.54) is 12.1 Å². The Kier molecular flexibility index (Phi) is 6.73. The molecule has 1 aromatic heterocycles. The first kappa shape index (κ1) is 21.6. The number of fused-ring (bicyclic) bond motifs is 1. The number of hydrogen-bond acceptors (Lipinski definition) is 4. The molecule has 4 aromatic rings. The maximum atomic E-state index is 13.8. The summed E-state index contributed by atoms with van der Waals surface area (Å²) in [6.45, 7) is 2.57. The van der Waals surface area contributed by atoms with Crippen LogP contribution >= 0.6 is 27.7 Å². The van der Waals surface area contributed by atoms with Crippen LogP contribution in [0.15, 0.2) is 76.4 Å². The van der Waals surface area contributed by atoms with Gasteiger partial charge in [-0.05, 0) is 54.4 Å². The number of esters is 1. The van der Waals surface area contributed by atoms with Crippen molar-refractivity contribution >= 4 is 44.7 Å². The third-order valence-electron chi connectivity index (χ3n) is 4.77.